The molecule has 0 atom stereocenters. The van der Waals surface area contributed by atoms with Crippen LogP contribution >= 0.6 is 0 Å². The Morgan fingerprint density at radius 2 is 2.03 bits per heavy atom. The average Bonchev–Trinajstić information content (AvgIpc) is 3.34. The third kappa shape index (κ3) is 3.60. The number of carbonyl (C=O) groups excluding carboxylic acids is 1. The molecule has 1 saturated heterocycles. The number of carbonyl (C=O) groups is 1. The van der Waals surface area contributed by atoms with E-state index in [1.807, 2.05) is 19.1 Å². The number of aryl methyl sites for hydroxylation is 2. The van der Waals surface area contributed by atoms with Crippen LogP contribution in [0.5, 0.6) is 0 Å². The van der Waals surface area contributed by atoms with Gasteiger partial charge < -0.3 is 25.3 Å². The van der Waals surface area contributed by atoms with E-state index in [2.05, 4.69) is 26.3 Å². The highest BCUT2D eigenvalue weighted by atomic mass is 19.1. The summed E-state index contributed by atoms with van der Waals surface area (Å²) in [4.78, 5) is 23.0. The molecule has 0 saturated carbocycles. The van der Waals surface area contributed by atoms with Crippen LogP contribution in [0.4, 0.5) is 15.8 Å². The SMILES string of the molecule is Cc1cn2cc(NC(=O)c3ccc(N4CCC(CN)CC4)c4cc(C)[nH]c34)cc(F)c2n1. The van der Waals surface area contributed by atoms with Crippen molar-refractivity contribution in [2.45, 2.75) is 26.7 Å². The summed E-state index contributed by atoms with van der Waals surface area (Å²) in [5.41, 5.74) is 10.6. The number of benzene rings is 1. The number of H-pyrrole nitrogens is 1. The Kier molecular flexibility index (Phi) is 5.09. The fraction of sp³-hybridized carbons (Fsp3) is 0.333. The average molecular weight is 435 g/mol. The molecule has 8 heteroatoms. The second-order valence-electron chi connectivity index (χ2n) is 8.68. The van der Waals surface area contributed by atoms with Gasteiger partial charge in [-0.3, -0.25) is 4.79 Å². The van der Waals surface area contributed by atoms with Crippen LogP contribution < -0.4 is 16.0 Å². The molecule has 3 aromatic heterocycles. The van der Waals surface area contributed by atoms with Crippen LogP contribution in [0.3, 0.4) is 0 Å². The lowest BCUT2D eigenvalue weighted by Gasteiger charge is -2.33. The van der Waals surface area contributed by atoms with Gasteiger partial charge in [-0.05, 0) is 57.4 Å². The number of pyridine rings is 1. The predicted molar refractivity (Wildman–Crippen MR) is 125 cm³/mol. The summed E-state index contributed by atoms with van der Waals surface area (Å²) in [5, 5.41) is 3.86. The van der Waals surface area contributed by atoms with Crippen LogP contribution in [-0.2, 0) is 0 Å². The third-order valence-electron chi connectivity index (χ3n) is 6.32. The van der Waals surface area contributed by atoms with Crippen molar-refractivity contribution in [2.24, 2.45) is 11.7 Å². The lowest BCUT2D eigenvalue weighted by molar-refractivity contribution is 0.102. The highest BCUT2D eigenvalue weighted by Crippen LogP contribution is 2.33. The number of hydrogen-bond donors (Lipinski definition) is 3. The number of nitrogens with one attached hydrogen (secondary N) is 2. The van der Waals surface area contributed by atoms with Crippen LogP contribution in [0.15, 0.2) is 36.7 Å². The van der Waals surface area contributed by atoms with Crippen molar-refractivity contribution in [1.82, 2.24) is 14.4 Å². The monoisotopic (exact) mass is 434 g/mol. The van der Waals surface area contributed by atoms with Gasteiger partial charge in [0.15, 0.2) is 11.5 Å². The lowest BCUT2D eigenvalue weighted by Crippen LogP contribution is -2.36. The third-order valence-corrected chi connectivity index (χ3v) is 6.32. The fourth-order valence-corrected chi connectivity index (χ4v) is 4.66. The molecule has 1 fully saturated rings. The fourth-order valence-electron chi connectivity index (χ4n) is 4.66. The summed E-state index contributed by atoms with van der Waals surface area (Å²) in [6.07, 6.45) is 5.55. The molecular weight excluding hydrogens is 407 g/mol. The summed E-state index contributed by atoms with van der Waals surface area (Å²) < 4.78 is 16.0. The molecule has 4 N–H and O–H groups in total. The number of fused-ring (bicyclic) bond motifs is 2. The molecule has 4 heterocycles. The van der Waals surface area contributed by atoms with Gasteiger partial charge in [0, 0.05) is 48.3 Å². The molecule has 4 aromatic rings. The number of halogens is 1. The predicted octanol–water partition coefficient (Wildman–Crippen LogP) is 4.00. The number of piperidine rings is 1. The van der Waals surface area contributed by atoms with E-state index < -0.39 is 5.82 Å². The summed E-state index contributed by atoms with van der Waals surface area (Å²) in [5.74, 6) is -0.189. The molecule has 5 rings (SSSR count). The molecule has 32 heavy (non-hydrogen) atoms. The van der Waals surface area contributed by atoms with Gasteiger partial charge in [0.05, 0.1) is 22.5 Å². The van der Waals surface area contributed by atoms with Gasteiger partial charge in [-0.2, -0.15) is 0 Å². The number of nitrogens with two attached hydrogens (primary N) is 1. The Hall–Kier alpha value is -3.39. The number of imidazole rings is 1. The van der Waals surface area contributed by atoms with Crippen molar-refractivity contribution in [3.8, 4) is 0 Å². The number of hydrogen-bond acceptors (Lipinski definition) is 4. The van der Waals surface area contributed by atoms with E-state index in [-0.39, 0.29) is 11.6 Å². The zero-order valence-electron chi connectivity index (χ0n) is 18.3. The maximum absolute atomic E-state index is 14.4. The van der Waals surface area contributed by atoms with Gasteiger partial charge >= 0.3 is 0 Å². The van der Waals surface area contributed by atoms with Crippen molar-refractivity contribution < 1.29 is 9.18 Å². The molecule has 1 amide bonds. The highest BCUT2D eigenvalue weighted by molar-refractivity contribution is 6.14. The number of anilines is 2. The van der Waals surface area contributed by atoms with Crippen LogP contribution in [0.2, 0.25) is 0 Å². The highest BCUT2D eigenvalue weighted by Gasteiger charge is 2.22. The molecule has 166 valence electrons. The zero-order chi connectivity index (χ0) is 22.4. The van der Waals surface area contributed by atoms with Crippen molar-refractivity contribution in [3.05, 3.63) is 59.4 Å². The first-order valence-electron chi connectivity index (χ1n) is 11.0. The minimum atomic E-state index is -0.479. The van der Waals surface area contributed by atoms with Crippen LogP contribution in [-0.4, -0.2) is 39.9 Å². The normalized spacial score (nSPS) is 15.1. The van der Waals surface area contributed by atoms with E-state index in [1.165, 1.54) is 6.07 Å². The maximum atomic E-state index is 14.4. The minimum Gasteiger partial charge on any atom is -0.371 e. The van der Waals surface area contributed by atoms with Crippen LogP contribution in [0, 0.1) is 25.6 Å². The van der Waals surface area contributed by atoms with Crippen molar-refractivity contribution >= 4 is 33.8 Å². The van der Waals surface area contributed by atoms with E-state index >= 15 is 0 Å². The van der Waals surface area contributed by atoms with Crippen molar-refractivity contribution in [1.29, 1.82) is 0 Å². The smallest absolute Gasteiger partial charge is 0.257 e. The number of nitrogens with zero attached hydrogens (tertiary/aromatic N) is 3. The first-order chi connectivity index (χ1) is 15.4. The maximum Gasteiger partial charge on any atom is 0.257 e. The Labute approximate surface area is 185 Å². The van der Waals surface area contributed by atoms with E-state index in [0.717, 1.165) is 54.8 Å². The molecule has 0 radical (unpaired) electrons. The first-order valence-corrected chi connectivity index (χ1v) is 11.0. The summed E-state index contributed by atoms with van der Waals surface area (Å²) in [7, 11) is 0. The van der Waals surface area contributed by atoms with Gasteiger partial charge in [0.2, 0.25) is 0 Å². The number of amides is 1. The Morgan fingerprint density at radius 1 is 1.25 bits per heavy atom. The minimum absolute atomic E-state index is 0.241. The summed E-state index contributed by atoms with van der Waals surface area (Å²) >= 11 is 0. The first kappa shape index (κ1) is 20.5. The topological polar surface area (TPSA) is 91.5 Å². The van der Waals surface area contributed by atoms with Crippen LogP contribution in [0.1, 0.15) is 34.6 Å². The number of rotatable bonds is 4. The molecule has 1 aliphatic rings. The molecule has 0 aliphatic carbocycles. The quantitative estimate of drug-likeness (QED) is 0.453. The Bertz CT molecular complexity index is 1320. The van der Waals surface area contributed by atoms with E-state index in [9.17, 15) is 9.18 Å². The number of aromatic amines is 1. The van der Waals surface area contributed by atoms with Gasteiger partial charge in [0.1, 0.15) is 0 Å². The Balaban J connectivity index is 1.46. The molecular formula is C24H27FN6O. The van der Waals surface area contributed by atoms with Crippen LogP contribution in [0.25, 0.3) is 16.6 Å². The van der Waals surface area contributed by atoms with E-state index in [4.69, 9.17) is 5.73 Å². The number of aromatic nitrogens is 3. The molecule has 0 unspecified atom stereocenters. The lowest BCUT2D eigenvalue weighted by atomic mass is 9.96. The summed E-state index contributed by atoms with van der Waals surface area (Å²) in [6.45, 7) is 6.43. The van der Waals surface area contributed by atoms with Crippen molar-refractivity contribution in [3.63, 3.8) is 0 Å². The van der Waals surface area contributed by atoms with E-state index in [1.54, 1.807) is 23.7 Å². The molecule has 0 bridgehead atoms. The van der Waals surface area contributed by atoms with Gasteiger partial charge in [-0.25, -0.2) is 9.37 Å². The zero-order valence-corrected chi connectivity index (χ0v) is 18.3. The summed E-state index contributed by atoms with van der Waals surface area (Å²) in [6, 6.07) is 7.23. The van der Waals surface area contributed by atoms with Gasteiger partial charge in [-0.1, -0.05) is 0 Å². The largest absolute Gasteiger partial charge is 0.371 e. The molecule has 1 aliphatic heterocycles. The van der Waals surface area contributed by atoms with E-state index in [0.29, 0.717) is 22.9 Å². The second kappa shape index (κ2) is 7.94. The molecule has 1 aromatic carbocycles. The van der Waals surface area contributed by atoms with Gasteiger partial charge in [-0.15, -0.1) is 0 Å². The van der Waals surface area contributed by atoms with Gasteiger partial charge in [0.25, 0.3) is 5.91 Å². The van der Waals surface area contributed by atoms with Crippen molar-refractivity contribution in [2.75, 3.05) is 29.9 Å². The second-order valence-corrected chi connectivity index (χ2v) is 8.68. The molecule has 7 nitrogen and oxygen atoms in total. The molecule has 0 spiro atoms. The Morgan fingerprint density at radius 3 is 2.78 bits per heavy atom. The standard InChI is InChI=1S/C24H27FN6O/c1-14-9-19-21(30-7-5-16(11-26)6-8-30)4-3-18(22(19)27-14)24(32)29-17-10-20(25)23-28-15(2)12-31(23)13-17/h3-4,9-10,12-13,16,27H,5-8,11,26H2,1-2H3,(H,29,32).